The maximum absolute atomic E-state index is 12.1. The van der Waals surface area contributed by atoms with Crippen LogP contribution in [0.1, 0.15) is 38.1 Å². The monoisotopic (exact) mass is 291 g/mol. The molecule has 116 valence electrons. The molecule has 0 spiro atoms. The highest BCUT2D eigenvalue weighted by Gasteiger charge is 2.13. The second-order valence-electron chi connectivity index (χ2n) is 5.88. The smallest absolute Gasteiger partial charge is 0.319 e. The summed E-state index contributed by atoms with van der Waals surface area (Å²) in [6.07, 6.45) is 0. The summed E-state index contributed by atoms with van der Waals surface area (Å²) < 4.78 is 0. The summed E-state index contributed by atoms with van der Waals surface area (Å²) in [4.78, 5) is 23.9. The van der Waals surface area contributed by atoms with E-state index in [1.807, 2.05) is 27.7 Å². The fourth-order valence-corrected chi connectivity index (χ4v) is 1.65. The Balaban J connectivity index is 2.70. The maximum atomic E-state index is 12.1. The molecule has 0 fully saturated rings. The van der Waals surface area contributed by atoms with Crippen molar-refractivity contribution in [2.75, 3.05) is 18.4 Å². The van der Waals surface area contributed by atoms with Crippen molar-refractivity contribution in [1.82, 2.24) is 10.6 Å². The number of nitrogens with one attached hydrogen (secondary N) is 3. The predicted octanol–water partition coefficient (Wildman–Crippen LogP) is 2.85. The quantitative estimate of drug-likeness (QED) is 0.754. The lowest BCUT2D eigenvalue weighted by atomic mass is 10.1. The Kier molecular flexibility index (Phi) is 6.72. The molecule has 0 aliphatic rings. The highest BCUT2D eigenvalue weighted by Crippen LogP contribution is 2.14. The first-order valence-corrected chi connectivity index (χ1v) is 7.32. The van der Waals surface area contributed by atoms with Crippen LogP contribution in [0.3, 0.4) is 0 Å². The number of carbonyl (C=O) groups is 2. The number of anilines is 1. The number of benzene rings is 1. The molecule has 21 heavy (non-hydrogen) atoms. The van der Waals surface area contributed by atoms with Crippen LogP contribution in [-0.2, 0) is 0 Å². The molecule has 1 rings (SSSR count). The van der Waals surface area contributed by atoms with Gasteiger partial charge >= 0.3 is 6.03 Å². The van der Waals surface area contributed by atoms with Crippen LogP contribution in [-0.4, -0.2) is 25.0 Å². The number of urea groups is 1. The standard InChI is InChI=1S/C16H25N3O2/c1-11(2)9-17-15(20)13-7-5-6-8-14(13)19-16(21)18-10-12(3)4/h5-8,11-12H,9-10H2,1-4H3,(H,17,20)(H2,18,19,21). The number of amides is 3. The van der Waals surface area contributed by atoms with Gasteiger partial charge in [0.1, 0.15) is 0 Å². The molecule has 0 aromatic heterocycles. The minimum absolute atomic E-state index is 0.177. The molecule has 3 N–H and O–H groups in total. The summed E-state index contributed by atoms with van der Waals surface area (Å²) in [7, 11) is 0. The van der Waals surface area contributed by atoms with Crippen molar-refractivity contribution < 1.29 is 9.59 Å². The molecule has 5 nitrogen and oxygen atoms in total. The summed E-state index contributed by atoms with van der Waals surface area (Å²) in [5, 5.41) is 8.34. The fourth-order valence-electron chi connectivity index (χ4n) is 1.65. The molecule has 1 aromatic rings. The van der Waals surface area contributed by atoms with Gasteiger partial charge in [-0.3, -0.25) is 4.79 Å². The second-order valence-corrected chi connectivity index (χ2v) is 5.88. The second kappa shape index (κ2) is 8.29. The Morgan fingerprint density at radius 1 is 0.952 bits per heavy atom. The first-order valence-electron chi connectivity index (χ1n) is 7.32. The molecule has 0 radical (unpaired) electrons. The van der Waals surface area contributed by atoms with Crippen LogP contribution < -0.4 is 16.0 Å². The van der Waals surface area contributed by atoms with Gasteiger partial charge in [0, 0.05) is 13.1 Å². The van der Waals surface area contributed by atoms with Crippen LogP contribution in [0, 0.1) is 11.8 Å². The summed E-state index contributed by atoms with van der Waals surface area (Å²) in [5.41, 5.74) is 0.984. The minimum Gasteiger partial charge on any atom is -0.352 e. The lowest BCUT2D eigenvalue weighted by molar-refractivity contribution is 0.0950. The van der Waals surface area contributed by atoms with Gasteiger partial charge in [-0.25, -0.2) is 4.79 Å². The van der Waals surface area contributed by atoms with E-state index < -0.39 is 0 Å². The van der Waals surface area contributed by atoms with Crippen molar-refractivity contribution in [1.29, 1.82) is 0 Å². The Morgan fingerprint density at radius 2 is 1.52 bits per heavy atom. The predicted molar refractivity (Wildman–Crippen MR) is 85.5 cm³/mol. The number of hydrogen-bond donors (Lipinski definition) is 3. The van der Waals surface area contributed by atoms with Crippen molar-refractivity contribution >= 4 is 17.6 Å². The van der Waals surface area contributed by atoms with Gasteiger partial charge in [-0.2, -0.15) is 0 Å². The molecule has 3 amide bonds. The Hall–Kier alpha value is -2.04. The summed E-state index contributed by atoms with van der Waals surface area (Å²) in [6, 6.07) is 6.69. The van der Waals surface area contributed by atoms with Gasteiger partial charge in [0.2, 0.25) is 0 Å². The molecule has 0 bridgehead atoms. The van der Waals surface area contributed by atoms with E-state index in [1.165, 1.54) is 0 Å². The van der Waals surface area contributed by atoms with Crippen LogP contribution in [0.4, 0.5) is 10.5 Å². The number of rotatable bonds is 6. The molecular weight excluding hydrogens is 266 g/mol. The normalized spacial score (nSPS) is 10.6. The molecule has 0 saturated heterocycles. The van der Waals surface area contributed by atoms with Crippen LogP contribution in [0.25, 0.3) is 0 Å². The lowest BCUT2D eigenvalue weighted by Gasteiger charge is -2.13. The Morgan fingerprint density at radius 3 is 2.14 bits per heavy atom. The highest BCUT2D eigenvalue weighted by atomic mass is 16.2. The Bertz CT molecular complexity index is 484. The third-order valence-electron chi connectivity index (χ3n) is 2.76. The molecule has 1 aromatic carbocycles. The summed E-state index contributed by atoms with van der Waals surface area (Å²) in [6.45, 7) is 9.30. The van der Waals surface area contributed by atoms with Gasteiger partial charge in [0.15, 0.2) is 0 Å². The zero-order chi connectivity index (χ0) is 15.8. The first kappa shape index (κ1) is 17.0. The van der Waals surface area contributed by atoms with E-state index in [4.69, 9.17) is 0 Å². The summed E-state index contributed by atoms with van der Waals surface area (Å²) in [5.74, 6) is 0.576. The topological polar surface area (TPSA) is 70.2 Å². The van der Waals surface area contributed by atoms with E-state index in [0.29, 0.717) is 36.2 Å². The highest BCUT2D eigenvalue weighted by molar-refractivity contribution is 6.03. The zero-order valence-corrected chi connectivity index (χ0v) is 13.2. The van der Waals surface area contributed by atoms with Crippen LogP contribution in [0.15, 0.2) is 24.3 Å². The van der Waals surface area contributed by atoms with E-state index in [1.54, 1.807) is 24.3 Å². The Labute approximate surface area is 126 Å². The van der Waals surface area contributed by atoms with Crippen molar-refractivity contribution in [3.63, 3.8) is 0 Å². The molecule has 0 heterocycles. The largest absolute Gasteiger partial charge is 0.352 e. The van der Waals surface area contributed by atoms with Crippen molar-refractivity contribution in [3.8, 4) is 0 Å². The molecule has 0 aliphatic heterocycles. The van der Waals surface area contributed by atoms with Crippen LogP contribution in [0.2, 0.25) is 0 Å². The van der Waals surface area contributed by atoms with E-state index in [9.17, 15) is 9.59 Å². The molecule has 0 unspecified atom stereocenters. The average molecular weight is 291 g/mol. The van der Waals surface area contributed by atoms with Crippen LogP contribution >= 0.6 is 0 Å². The van der Waals surface area contributed by atoms with Crippen molar-refractivity contribution in [2.45, 2.75) is 27.7 Å². The average Bonchev–Trinajstić information content (AvgIpc) is 2.43. The number of carbonyl (C=O) groups excluding carboxylic acids is 2. The summed E-state index contributed by atoms with van der Waals surface area (Å²) >= 11 is 0. The zero-order valence-electron chi connectivity index (χ0n) is 13.2. The van der Waals surface area contributed by atoms with Gasteiger partial charge in [-0.15, -0.1) is 0 Å². The maximum Gasteiger partial charge on any atom is 0.319 e. The van der Waals surface area contributed by atoms with Gasteiger partial charge in [0.25, 0.3) is 5.91 Å². The van der Waals surface area contributed by atoms with Gasteiger partial charge < -0.3 is 16.0 Å². The van der Waals surface area contributed by atoms with E-state index in [-0.39, 0.29) is 11.9 Å². The third kappa shape index (κ3) is 6.29. The first-order chi connectivity index (χ1) is 9.90. The van der Waals surface area contributed by atoms with Gasteiger partial charge in [0.05, 0.1) is 11.3 Å². The molecule has 5 heteroatoms. The van der Waals surface area contributed by atoms with Crippen LogP contribution in [0.5, 0.6) is 0 Å². The lowest BCUT2D eigenvalue weighted by Crippen LogP contribution is -2.33. The van der Waals surface area contributed by atoms with Gasteiger partial charge in [-0.05, 0) is 24.0 Å². The molecular formula is C16H25N3O2. The van der Waals surface area contributed by atoms with E-state index >= 15 is 0 Å². The SMILES string of the molecule is CC(C)CNC(=O)Nc1ccccc1C(=O)NCC(C)C. The molecule has 0 atom stereocenters. The minimum atomic E-state index is -0.298. The van der Waals surface area contributed by atoms with Gasteiger partial charge in [-0.1, -0.05) is 39.8 Å². The van der Waals surface area contributed by atoms with Crippen molar-refractivity contribution in [2.24, 2.45) is 11.8 Å². The number of hydrogen-bond acceptors (Lipinski definition) is 2. The third-order valence-corrected chi connectivity index (χ3v) is 2.76. The number of para-hydroxylation sites is 1. The van der Waals surface area contributed by atoms with E-state index in [2.05, 4.69) is 16.0 Å². The fraction of sp³-hybridized carbons (Fsp3) is 0.500. The van der Waals surface area contributed by atoms with E-state index in [0.717, 1.165) is 0 Å². The molecule has 0 saturated carbocycles. The molecule has 0 aliphatic carbocycles. The van der Waals surface area contributed by atoms with Crippen molar-refractivity contribution in [3.05, 3.63) is 29.8 Å².